The molecule has 0 radical (unpaired) electrons. The van der Waals surface area contributed by atoms with Gasteiger partial charge in [0.15, 0.2) is 0 Å². The maximum absolute atomic E-state index is 6.32. The molecule has 0 atom stereocenters. The number of nitrogens with zero attached hydrogens (tertiary/aromatic N) is 1. The lowest BCUT2D eigenvalue weighted by Gasteiger charge is -2.42. The largest absolute Gasteiger partial charge is 0.497 e. The van der Waals surface area contributed by atoms with Gasteiger partial charge in [-0.3, -0.25) is 0 Å². The summed E-state index contributed by atoms with van der Waals surface area (Å²) in [7, 11) is 1.69. The molecule has 4 nitrogen and oxygen atoms in total. The molecule has 0 aliphatic carbocycles. The Morgan fingerprint density at radius 3 is 2.86 bits per heavy atom. The fourth-order valence-corrected chi connectivity index (χ4v) is 3.11. The van der Waals surface area contributed by atoms with Crippen molar-refractivity contribution in [3.8, 4) is 11.5 Å². The van der Waals surface area contributed by atoms with Gasteiger partial charge in [0.2, 0.25) is 0 Å². The number of benzene rings is 1. The van der Waals surface area contributed by atoms with Gasteiger partial charge in [-0.25, -0.2) is 0 Å². The summed E-state index contributed by atoms with van der Waals surface area (Å²) in [5, 5.41) is 0. The first-order chi connectivity index (χ1) is 10.2. The summed E-state index contributed by atoms with van der Waals surface area (Å²) in [4.78, 5) is 2.48. The monoisotopic (exact) mass is 288 g/mol. The molecule has 0 aromatic heterocycles. The van der Waals surface area contributed by atoms with Gasteiger partial charge in [0.1, 0.15) is 17.1 Å². The van der Waals surface area contributed by atoms with Crippen molar-refractivity contribution in [2.75, 3.05) is 33.3 Å². The molecule has 21 heavy (non-hydrogen) atoms. The topological polar surface area (TPSA) is 47.7 Å². The molecule has 2 heterocycles. The van der Waals surface area contributed by atoms with Crippen molar-refractivity contribution >= 4 is 6.08 Å². The van der Waals surface area contributed by atoms with E-state index < -0.39 is 0 Å². The second-order valence-corrected chi connectivity index (χ2v) is 5.89. The lowest BCUT2D eigenvalue weighted by molar-refractivity contribution is 0.0386. The van der Waals surface area contributed by atoms with Crippen LogP contribution < -0.4 is 15.2 Å². The van der Waals surface area contributed by atoms with E-state index in [0.29, 0.717) is 0 Å². The van der Waals surface area contributed by atoms with Crippen LogP contribution in [0.3, 0.4) is 0 Å². The third-order valence-electron chi connectivity index (χ3n) is 4.48. The van der Waals surface area contributed by atoms with Crippen molar-refractivity contribution in [3.63, 3.8) is 0 Å². The molecule has 1 spiro atoms. The van der Waals surface area contributed by atoms with Crippen molar-refractivity contribution in [2.45, 2.75) is 24.9 Å². The summed E-state index contributed by atoms with van der Waals surface area (Å²) in [6.45, 7) is 4.03. The smallest absolute Gasteiger partial charge is 0.130 e. The Kier molecular flexibility index (Phi) is 4.17. The van der Waals surface area contributed by atoms with Crippen molar-refractivity contribution in [2.24, 2.45) is 5.73 Å². The molecule has 2 aliphatic rings. The van der Waals surface area contributed by atoms with E-state index in [1.807, 2.05) is 18.2 Å². The first-order valence-electron chi connectivity index (χ1n) is 7.73. The minimum absolute atomic E-state index is 0.124. The highest BCUT2D eigenvalue weighted by molar-refractivity contribution is 5.63. The van der Waals surface area contributed by atoms with Crippen molar-refractivity contribution in [1.29, 1.82) is 0 Å². The summed E-state index contributed by atoms with van der Waals surface area (Å²) in [5.74, 6) is 1.84. The van der Waals surface area contributed by atoms with E-state index in [4.69, 9.17) is 15.2 Å². The Morgan fingerprint density at radius 1 is 1.33 bits per heavy atom. The van der Waals surface area contributed by atoms with Gasteiger partial charge in [-0.2, -0.15) is 0 Å². The molecule has 1 saturated heterocycles. The second-order valence-electron chi connectivity index (χ2n) is 5.89. The van der Waals surface area contributed by atoms with Gasteiger partial charge in [-0.15, -0.1) is 0 Å². The Morgan fingerprint density at radius 2 is 2.14 bits per heavy atom. The molecule has 2 aliphatic heterocycles. The Bertz CT molecular complexity index is 520. The highest BCUT2D eigenvalue weighted by Crippen LogP contribution is 2.38. The summed E-state index contributed by atoms with van der Waals surface area (Å²) < 4.78 is 11.6. The first-order valence-corrected chi connectivity index (χ1v) is 7.73. The summed E-state index contributed by atoms with van der Waals surface area (Å²) in [6, 6.07) is 6.00. The number of piperidine rings is 1. The van der Waals surface area contributed by atoms with Gasteiger partial charge < -0.3 is 20.1 Å². The molecule has 114 valence electrons. The predicted octanol–water partition coefficient (Wildman–Crippen LogP) is 2.28. The Hall–Kier alpha value is -1.52. The molecule has 2 N–H and O–H groups in total. The van der Waals surface area contributed by atoms with Gasteiger partial charge in [-0.1, -0.05) is 6.08 Å². The number of nitrogens with two attached hydrogens (primary N) is 1. The average molecular weight is 288 g/mol. The highest BCUT2D eigenvalue weighted by atomic mass is 16.5. The minimum atomic E-state index is -0.124. The van der Waals surface area contributed by atoms with Gasteiger partial charge in [0.25, 0.3) is 0 Å². The average Bonchev–Trinajstić information content (AvgIpc) is 2.54. The van der Waals surface area contributed by atoms with Gasteiger partial charge in [0, 0.05) is 31.5 Å². The Labute approximate surface area is 126 Å². The fraction of sp³-hybridized carbons (Fsp3) is 0.529. The fourth-order valence-electron chi connectivity index (χ4n) is 3.11. The van der Waals surface area contributed by atoms with Crippen LogP contribution in [0.4, 0.5) is 0 Å². The number of likely N-dealkylation sites (tertiary alicyclic amines) is 1. The zero-order chi connectivity index (χ0) is 14.7. The second kappa shape index (κ2) is 6.08. The normalized spacial score (nSPS) is 20.1. The van der Waals surface area contributed by atoms with Crippen LogP contribution in [-0.4, -0.2) is 43.8 Å². The number of fused-ring (bicyclic) bond motifs is 1. The van der Waals surface area contributed by atoms with Gasteiger partial charge >= 0.3 is 0 Å². The maximum atomic E-state index is 6.32. The molecule has 4 heteroatoms. The molecule has 1 aromatic carbocycles. The minimum Gasteiger partial charge on any atom is -0.497 e. The number of hydrogen-bond acceptors (Lipinski definition) is 4. The molecule has 0 amide bonds. The molecular formula is C17H24N2O2. The van der Waals surface area contributed by atoms with E-state index >= 15 is 0 Å². The van der Waals surface area contributed by atoms with Crippen LogP contribution in [0.5, 0.6) is 11.5 Å². The third kappa shape index (κ3) is 3.06. The van der Waals surface area contributed by atoms with E-state index in [0.717, 1.165) is 62.5 Å². The predicted molar refractivity (Wildman–Crippen MR) is 84.7 cm³/mol. The maximum Gasteiger partial charge on any atom is 0.130 e. The van der Waals surface area contributed by atoms with Crippen LogP contribution >= 0.6 is 0 Å². The van der Waals surface area contributed by atoms with Crippen LogP contribution in [0.1, 0.15) is 24.8 Å². The third-order valence-corrected chi connectivity index (χ3v) is 4.48. The van der Waals surface area contributed by atoms with E-state index in [-0.39, 0.29) is 5.60 Å². The molecule has 1 fully saturated rings. The van der Waals surface area contributed by atoms with Crippen LogP contribution in [0.15, 0.2) is 24.3 Å². The summed E-state index contributed by atoms with van der Waals surface area (Å²) in [5.41, 5.74) is 6.56. The number of ether oxygens (including phenoxy) is 2. The number of methoxy groups -OCH3 is 1. The SMILES string of the molecule is COc1ccc2c(c1)C=CC1(CCN(CCCN)CC1)O2. The van der Waals surface area contributed by atoms with E-state index in [1.165, 1.54) is 0 Å². The first kappa shape index (κ1) is 14.4. The van der Waals surface area contributed by atoms with Crippen molar-refractivity contribution < 1.29 is 9.47 Å². The van der Waals surface area contributed by atoms with Crippen LogP contribution in [0, 0.1) is 0 Å². The van der Waals surface area contributed by atoms with Crippen molar-refractivity contribution in [1.82, 2.24) is 4.90 Å². The molecule has 0 unspecified atom stereocenters. The summed E-state index contributed by atoms with van der Waals surface area (Å²) in [6.07, 6.45) is 7.57. The van der Waals surface area contributed by atoms with Crippen molar-refractivity contribution in [3.05, 3.63) is 29.8 Å². The molecular weight excluding hydrogens is 264 g/mol. The lowest BCUT2D eigenvalue weighted by Crippen LogP contribution is -2.47. The van der Waals surface area contributed by atoms with E-state index in [1.54, 1.807) is 7.11 Å². The van der Waals surface area contributed by atoms with E-state index in [2.05, 4.69) is 17.1 Å². The van der Waals surface area contributed by atoms with Crippen LogP contribution in [0.2, 0.25) is 0 Å². The zero-order valence-electron chi connectivity index (χ0n) is 12.7. The lowest BCUT2D eigenvalue weighted by atomic mass is 9.88. The highest BCUT2D eigenvalue weighted by Gasteiger charge is 2.36. The van der Waals surface area contributed by atoms with E-state index in [9.17, 15) is 0 Å². The number of rotatable bonds is 4. The van der Waals surface area contributed by atoms with Crippen LogP contribution in [-0.2, 0) is 0 Å². The molecule has 1 aromatic rings. The van der Waals surface area contributed by atoms with Crippen LogP contribution in [0.25, 0.3) is 6.08 Å². The molecule has 0 bridgehead atoms. The van der Waals surface area contributed by atoms with Gasteiger partial charge in [0.05, 0.1) is 7.11 Å². The standard InChI is InChI=1S/C17H24N2O2/c1-20-15-3-4-16-14(13-15)5-6-17(21-16)7-11-19(12-8-17)10-2-9-18/h3-6,13H,2,7-12,18H2,1H3. The number of hydrogen-bond donors (Lipinski definition) is 1. The molecule has 0 saturated carbocycles. The van der Waals surface area contributed by atoms with Gasteiger partial charge in [-0.05, 0) is 43.8 Å². The quantitative estimate of drug-likeness (QED) is 0.923. The Balaban J connectivity index is 1.67. The molecule has 3 rings (SSSR count). The summed E-state index contributed by atoms with van der Waals surface area (Å²) >= 11 is 0. The zero-order valence-corrected chi connectivity index (χ0v) is 12.7.